The molecular weight excluding hydrogens is 324 g/mol. The van der Waals surface area contributed by atoms with E-state index in [1.54, 1.807) is 12.4 Å². The van der Waals surface area contributed by atoms with Crippen molar-refractivity contribution in [3.8, 4) is 11.8 Å². The summed E-state index contributed by atoms with van der Waals surface area (Å²) in [5, 5.41) is 0.673. The Labute approximate surface area is 151 Å². The monoisotopic (exact) mass is 342 g/mol. The third kappa shape index (κ3) is 2.59. The molecule has 5 heteroatoms. The molecule has 128 valence electrons. The zero-order valence-corrected chi connectivity index (χ0v) is 14.4. The van der Waals surface area contributed by atoms with Crippen molar-refractivity contribution < 1.29 is 0 Å². The van der Waals surface area contributed by atoms with E-state index in [0.29, 0.717) is 11.4 Å². The minimum absolute atomic E-state index is 0.0725. The van der Waals surface area contributed by atoms with Crippen LogP contribution in [0.3, 0.4) is 0 Å². The molecule has 2 aromatic heterocycles. The molecule has 4 heterocycles. The molecule has 0 radical (unpaired) electrons. The van der Waals surface area contributed by atoms with E-state index in [4.69, 9.17) is 4.98 Å². The Morgan fingerprint density at radius 2 is 2.08 bits per heavy atom. The van der Waals surface area contributed by atoms with Gasteiger partial charge in [-0.3, -0.25) is 19.2 Å². The third-order valence-corrected chi connectivity index (χ3v) is 5.28. The lowest BCUT2D eigenvalue weighted by Gasteiger charge is -2.31. The van der Waals surface area contributed by atoms with Crippen molar-refractivity contribution in [3.05, 3.63) is 70.0 Å². The van der Waals surface area contributed by atoms with Crippen molar-refractivity contribution in [2.24, 2.45) is 0 Å². The summed E-state index contributed by atoms with van der Waals surface area (Å²) in [6, 6.07) is 9.94. The summed E-state index contributed by atoms with van der Waals surface area (Å²) in [4.78, 5) is 24.2. The van der Waals surface area contributed by atoms with Gasteiger partial charge in [0.05, 0.1) is 17.4 Å². The second kappa shape index (κ2) is 6.08. The predicted octanol–water partition coefficient (Wildman–Crippen LogP) is 2.17. The lowest BCUT2D eigenvalue weighted by atomic mass is 10.1. The highest BCUT2D eigenvalue weighted by atomic mass is 16.1. The van der Waals surface area contributed by atoms with Gasteiger partial charge in [-0.15, -0.1) is 0 Å². The second-order valence-electron chi connectivity index (χ2n) is 6.93. The van der Waals surface area contributed by atoms with Crippen LogP contribution in [0, 0.1) is 11.8 Å². The zero-order valence-electron chi connectivity index (χ0n) is 14.4. The third-order valence-electron chi connectivity index (χ3n) is 5.28. The van der Waals surface area contributed by atoms with Crippen LogP contribution in [0.1, 0.15) is 29.8 Å². The molecule has 5 nitrogen and oxygen atoms in total. The van der Waals surface area contributed by atoms with Crippen LogP contribution in [-0.4, -0.2) is 32.0 Å². The van der Waals surface area contributed by atoms with Crippen LogP contribution < -0.4 is 5.56 Å². The molecule has 0 amide bonds. The first kappa shape index (κ1) is 15.3. The van der Waals surface area contributed by atoms with E-state index in [1.165, 1.54) is 12.8 Å². The first-order valence-corrected chi connectivity index (χ1v) is 8.97. The Hall–Kier alpha value is -2.97. The van der Waals surface area contributed by atoms with E-state index in [1.807, 2.05) is 34.9 Å². The number of hydrogen-bond donors (Lipinski definition) is 0. The average molecular weight is 342 g/mol. The van der Waals surface area contributed by atoms with Crippen LogP contribution >= 0.6 is 0 Å². The maximum Gasteiger partial charge on any atom is 0.261 e. The van der Waals surface area contributed by atoms with E-state index in [0.717, 1.165) is 42.1 Å². The SMILES string of the molecule is O=c1c2ccc(C#Cc3cccnc3)cc2nc2n1CC1CCCN1C2. The molecule has 0 saturated carbocycles. The van der Waals surface area contributed by atoms with Gasteiger partial charge in [0.25, 0.3) is 5.56 Å². The number of fused-ring (bicyclic) bond motifs is 3. The maximum absolute atomic E-state index is 12.9. The largest absolute Gasteiger partial charge is 0.293 e. The molecule has 3 aromatic rings. The molecule has 2 aliphatic heterocycles. The maximum atomic E-state index is 12.9. The van der Waals surface area contributed by atoms with Crippen molar-refractivity contribution in [1.29, 1.82) is 0 Å². The molecule has 26 heavy (non-hydrogen) atoms. The molecule has 1 unspecified atom stereocenters. The van der Waals surface area contributed by atoms with E-state index < -0.39 is 0 Å². The molecule has 1 aromatic carbocycles. The summed E-state index contributed by atoms with van der Waals surface area (Å²) in [6.07, 6.45) is 5.85. The van der Waals surface area contributed by atoms with Gasteiger partial charge in [0.2, 0.25) is 0 Å². The summed E-state index contributed by atoms with van der Waals surface area (Å²) in [6.45, 7) is 2.64. The Morgan fingerprint density at radius 1 is 1.15 bits per heavy atom. The summed E-state index contributed by atoms with van der Waals surface area (Å²) in [7, 11) is 0. The first-order valence-electron chi connectivity index (χ1n) is 8.97. The highest BCUT2D eigenvalue weighted by Crippen LogP contribution is 2.25. The number of aromatic nitrogens is 3. The fourth-order valence-corrected chi connectivity index (χ4v) is 3.94. The summed E-state index contributed by atoms with van der Waals surface area (Å²) in [5.41, 5.74) is 2.53. The Morgan fingerprint density at radius 3 is 2.96 bits per heavy atom. The topological polar surface area (TPSA) is 51.0 Å². The number of benzene rings is 1. The fraction of sp³-hybridized carbons (Fsp3) is 0.286. The van der Waals surface area contributed by atoms with Crippen molar-refractivity contribution in [3.63, 3.8) is 0 Å². The second-order valence-corrected chi connectivity index (χ2v) is 6.93. The number of nitrogens with zero attached hydrogens (tertiary/aromatic N) is 4. The lowest BCUT2D eigenvalue weighted by Crippen LogP contribution is -2.43. The highest BCUT2D eigenvalue weighted by Gasteiger charge is 2.31. The molecule has 2 aliphatic rings. The van der Waals surface area contributed by atoms with E-state index in [-0.39, 0.29) is 5.56 Å². The van der Waals surface area contributed by atoms with E-state index in [2.05, 4.69) is 21.7 Å². The van der Waals surface area contributed by atoms with Crippen LogP contribution in [0.2, 0.25) is 0 Å². The van der Waals surface area contributed by atoms with Crippen molar-refractivity contribution in [1.82, 2.24) is 19.4 Å². The van der Waals surface area contributed by atoms with Gasteiger partial charge >= 0.3 is 0 Å². The molecule has 1 saturated heterocycles. The lowest BCUT2D eigenvalue weighted by molar-refractivity contribution is 0.181. The Balaban J connectivity index is 1.56. The van der Waals surface area contributed by atoms with E-state index >= 15 is 0 Å². The molecule has 1 fully saturated rings. The van der Waals surface area contributed by atoms with Gasteiger partial charge in [0, 0.05) is 36.1 Å². The van der Waals surface area contributed by atoms with Gasteiger partial charge in [0.1, 0.15) is 5.82 Å². The van der Waals surface area contributed by atoms with Crippen LogP contribution in [0.15, 0.2) is 47.5 Å². The molecule has 1 atom stereocenters. The van der Waals surface area contributed by atoms with Crippen molar-refractivity contribution in [2.45, 2.75) is 32.0 Å². The quantitative estimate of drug-likeness (QED) is 0.588. The molecule has 0 aliphatic carbocycles. The van der Waals surface area contributed by atoms with Gasteiger partial charge < -0.3 is 0 Å². The first-order chi connectivity index (χ1) is 12.8. The van der Waals surface area contributed by atoms with Gasteiger partial charge in [-0.2, -0.15) is 0 Å². The van der Waals surface area contributed by atoms with Crippen LogP contribution in [0.25, 0.3) is 10.9 Å². The molecule has 0 spiro atoms. The normalized spacial score (nSPS) is 18.8. The van der Waals surface area contributed by atoms with Gasteiger partial charge in [-0.25, -0.2) is 4.98 Å². The summed E-state index contributed by atoms with van der Waals surface area (Å²) in [5.74, 6) is 7.11. The van der Waals surface area contributed by atoms with E-state index in [9.17, 15) is 4.79 Å². The Kier molecular flexibility index (Phi) is 3.58. The minimum Gasteiger partial charge on any atom is -0.293 e. The van der Waals surface area contributed by atoms with Crippen molar-refractivity contribution >= 4 is 10.9 Å². The Bertz CT molecular complexity index is 1110. The van der Waals surface area contributed by atoms with Crippen LogP contribution in [-0.2, 0) is 13.1 Å². The average Bonchev–Trinajstić information content (AvgIpc) is 3.13. The minimum atomic E-state index is 0.0725. The fourth-order valence-electron chi connectivity index (χ4n) is 3.94. The molecule has 5 rings (SSSR count). The van der Waals surface area contributed by atoms with Crippen molar-refractivity contribution in [2.75, 3.05) is 6.54 Å². The van der Waals surface area contributed by atoms with Crippen LogP contribution in [0.5, 0.6) is 0 Å². The number of hydrogen-bond acceptors (Lipinski definition) is 4. The predicted molar refractivity (Wildman–Crippen MR) is 99.7 cm³/mol. The standard InChI is InChI=1S/C21H18N4O/c26-21-18-8-7-15(5-6-16-3-1-9-22-12-16)11-19(18)23-20-14-24-10-2-4-17(24)13-25(20)21/h1,3,7-9,11-12,17H,2,4,10,13-14H2. The molecule has 0 bridgehead atoms. The van der Waals surface area contributed by atoms with Crippen LogP contribution in [0.4, 0.5) is 0 Å². The molecule has 0 N–H and O–H groups in total. The summed E-state index contributed by atoms with van der Waals surface area (Å²) >= 11 is 0. The van der Waals surface area contributed by atoms with Gasteiger partial charge in [-0.1, -0.05) is 11.8 Å². The summed E-state index contributed by atoms with van der Waals surface area (Å²) < 4.78 is 1.87. The van der Waals surface area contributed by atoms with Gasteiger partial charge in [-0.05, 0) is 49.7 Å². The van der Waals surface area contributed by atoms with Gasteiger partial charge in [0.15, 0.2) is 0 Å². The smallest absolute Gasteiger partial charge is 0.261 e. The molecular formula is C21H18N4O. The number of pyridine rings is 1. The zero-order chi connectivity index (χ0) is 17.5. The number of rotatable bonds is 0. The highest BCUT2D eigenvalue weighted by molar-refractivity contribution is 5.79.